The minimum absolute atomic E-state index is 0.0211. The highest BCUT2D eigenvalue weighted by atomic mass is 28.4. The van der Waals surface area contributed by atoms with E-state index in [9.17, 15) is 0 Å². The topological polar surface area (TPSA) is 38.7 Å². The Hall–Kier alpha value is -1.46. The minimum atomic E-state index is -2.45. The van der Waals surface area contributed by atoms with Gasteiger partial charge in [0.15, 0.2) is 0 Å². The lowest BCUT2D eigenvalue weighted by Crippen LogP contribution is -2.66. The van der Waals surface area contributed by atoms with Crippen molar-refractivity contribution >= 4 is 18.7 Å². The first-order valence-corrected chi connectivity index (χ1v) is 10.4. The van der Waals surface area contributed by atoms with Crippen LogP contribution in [0, 0.1) is 0 Å². The van der Waals surface area contributed by atoms with Gasteiger partial charge in [0, 0.05) is 0 Å². The molecule has 0 aliphatic rings. The monoisotopic (exact) mass is 344 g/mol. The maximum absolute atomic E-state index is 8.85. The van der Waals surface area contributed by atoms with Crippen LogP contribution in [0.3, 0.4) is 0 Å². The molecule has 0 spiro atoms. The Balaban J connectivity index is 2.42. The Bertz CT molecular complexity index is 554. The second-order valence-electron chi connectivity index (χ2n) is 6.85. The molecule has 1 N–H and O–H groups in total. The smallest absolute Gasteiger partial charge is 0.261 e. The Morgan fingerprint density at radius 1 is 0.792 bits per heavy atom. The quantitative estimate of drug-likeness (QED) is 0.591. The predicted octanol–water partition coefficient (Wildman–Crippen LogP) is 2.57. The Kier molecular flexibility index (Phi) is 6.75. The Morgan fingerprint density at radius 2 is 1.29 bits per heavy atom. The Labute approximate surface area is 146 Å². The number of hydrogen-bond donors (Lipinski definition) is 1. The fraction of sp³-hybridized carbons (Fsp3) is 0.400. The van der Waals surface area contributed by atoms with Crippen molar-refractivity contribution in [1.29, 1.82) is 0 Å². The Morgan fingerprint density at radius 3 is 1.71 bits per heavy atom. The first-order valence-electron chi connectivity index (χ1n) is 8.46. The summed E-state index contributed by atoms with van der Waals surface area (Å²) in [5.74, 6) is 0. The third-order valence-electron chi connectivity index (χ3n) is 4.20. The number of aliphatic hydroxyl groups excluding tert-OH is 1. The second kappa shape index (κ2) is 8.58. The summed E-state index contributed by atoms with van der Waals surface area (Å²) < 4.78 is 12.1. The van der Waals surface area contributed by atoms with E-state index in [0.717, 1.165) is 0 Å². The largest absolute Gasteiger partial charge is 0.405 e. The molecule has 0 saturated heterocycles. The molecule has 0 atom stereocenters. The van der Waals surface area contributed by atoms with Crippen LogP contribution in [-0.4, -0.2) is 39.9 Å². The maximum Gasteiger partial charge on any atom is 0.261 e. The fourth-order valence-electron chi connectivity index (χ4n) is 3.18. The maximum atomic E-state index is 8.85. The summed E-state index contributed by atoms with van der Waals surface area (Å²) in [5.41, 5.74) is 0. The first-order chi connectivity index (χ1) is 11.5. The van der Waals surface area contributed by atoms with Crippen molar-refractivity contribution in [2.75, 3.05) is 26.4 Å². The first kappa shape index (κ1) is 18.9. The molecule has 0 unspecified atom stereocenters. The van der Waals surface area contributed by atoms with Crippen LogP contribution in [0.5, 0.6) is 0 Å². The van der Waals surface area contributed by atoms with Crippen molar-refractivity contribution in [3.63, 3.8) is 0 Å². The molecule has 0 fully saturated rings. The van der Waals surface area contributed by atoms with Crippen LogP contribution in [0.2, 0.25) is 5.04 Å². The number of benzene rings is 2. The lowest BCUT2D eigenvalue weighted by atomic mass is 10.2. The molecule has 0 aromatic heterocycles. The van der Waals surface area contributed by atoms with E-state index in [1.54, 1.807) is 0 Å². The zero-order valence-corrected chi connectivity index (χ0v) is 15.9. The SMILES string of the molecule is CC(C)(C)[Si](OCCOCCO)(c1ccccc1)c1ccccc1. The van der Waals surface area contributed by atoms with Crippen molar-refractivity contribution < 1.29 is 14.3 Å². The van der Waals surface area contributed by atoms with Crippen LogP contribution in [0.4, 0.5) is 0 Å². The fourth-order valence-corrected chi connectivity index (χ4v) is 7.73. The average molecular weight is 345 g/mol. The van der Waals surface area contributed by atoms with E-state index in [4.69, 9.17) is 14.3 Å². The zero-order chi connectivity index (χ0) is 17.5. The molecule has 130 valence electrons. The summed E-state index contributed by atoms with van der Waals surface area (Å²) in [6.07, 6.45) is 0. The van der Waals surface area contributed by atoms with Gasteiger partial charge in [0.25, 0.3) is 8.32 Å². The van der Waals surface area contributed by atoms with Gasteiger partial charge in [-0.2, -0.15) is 0 Å². The van der Waals surface area contributed by atoms with Crippen LogP contribution in [0.25, 0.3) is 0 Å². The molecule has 3 nitrogen and oxygen atoms in total. The van der Waals surface area contributed by atoms with E-state index in [0.29, 0.717) is 19.8 Å². The molecule has 2 rings (SSSR count). The predicted molar refractivity (Wildman–Crippen MR) is 101 cm³/mol. The number of aliphatic hydroxyl groups is 1. The van der Waals surface area contributed by atoms with Crippen molar-refractivity contribution in [2.24, 2.45) is 0 Å². The van der Waals surface area contributed by atoms with E-state index in [1.807, 2.05) is 12.1 Å². The molecule has 0 bridgehead atoms. The standard InChI is InChI=1S/C20H28O3Si/c1-20(2,3)24(18-10-6-4-7-11-18,19-12-8-5-9-13-19)23-17-16-22-15-14-21/h4-13,21H,14-17H2,1-3H3. The van der Waals surface area contributed by atoms with Crippen LogP contribution < -0.4 is 10.4 Å². The van der Waals surface area contributed by atoms with Gasteiger partial charge in [-0.25, -0.2) is 0 Å². The molecule has 0 amide bonds. The summed E-state index contributed by atoms with van der Waals surface area (Å²) in [5, 5.41) is 11.4. The van der Waals surface area contributed by atoms with Crippen LogP contribution in [0.15, 0.2) is 60.7 Å². The highest BCUT2D eigenvalue weighted by Gasteiger charge is 2.49. The molecule has 0 aliphatic heterocycles. The summed E-state index contributed by atoms with van der Waals surface area (Å²) in [7, 11) is -2.45. The zero-order valence-electron chi connectivity index (χ0n) is 14.9. The second-order valence-corrected chi connectivity index (χ2v) is 11.2. The van der Waals surface area contributed by atoms with Gasteiger partial charge in [-0.3, -0.25) is 0 Å². The summed E-state index contributed by atoms with van der Waals surface area (Å²) >= 11 is 0. The average Bonchev–Trinajstić information content (AvgIpc) is 2.59. The van der Waals surface area contributed by atoms with Gasteiger partial charge in [0.1, 0.15) is 0 Å². The van der Waals surface area contributed by atoms with Gasteiger partial charge in [0.2, 0.25) is 0 Å². The molecule has 4 heteroatoms. The van der Waals surface area contributed by atoms with E-state index in [2.05, 4.69) is 69.3 Å². The molecule has 2 aromatic carbocycles. The molecule has 0 saturated carbocycles. The van der Waals surface area contributed by atoms with Crippen molar-refractivity contribution in [3.8, 4) is 0 Å². The van der Waals surface area contributed by atoms with Gasteiger partial charge in [0.05, 0.1) is 26.4 Å². The third-order valence-corrected chi connectivity index (χ3v) is 9.24. The summed E-state index contributed by atoms with van der Waals surface area (Å²) in [6, 6.07) is 21.1. The summed E-state index contributed by atoms with van der Waals surface area (Å²) in [4.78, 5) is 0. The molecule has 0 heterocycles. The summed E-state index contributed by atoms with van der Waals surface area (Å²) in [6.45, 7) is 8.18. The number of rotatable bonds is 8. The highest BCUT2D eigenvalue weighted by Crippen LogP contribution is 2.36. The van der Waals surface area contributed by atoms with Crippen molar-refractivity contribution in [3.05, 3.63) is 60.7 Å². The van der Waals surface area contributed by atoms with Gasteiger partial charge in [-0.05, 0) is 15.4 Å². The molecule has 0 radical (unpaired) electrons. The normalized spacial score (nSPS) is 12.3. The van der Waals surface area contributed by atoms with E-state index >= 15 is 0 Å². The van der Waals surface area contributed by atoms with Crippen LogP contribution in [0.1, 0.15) is 20.8 Å². The van der Waals surface area contributed by atoms with E-state index in [1.165, 1.54) is 10.4 Å². The number of ether oxygens (including phenoxy) is 1. The third kappa shape index (κ3) is 4.14. The van der Waals surface area contributed by atoms with Gasteiger partial charge >= 0.3 is 0 Å². The molecule has 2 aromatic rings. The van der Waals surface area contributed by atoms with Crippen molar-refractivity contribution in [2.45, 2.75) is 25.8 Å². The molecule has 0 aliphatic carbocycles. The lowest BCUT2D eigenvalue weighted by molar-refractivity contribution is 0.0683. The molecular formula is C20H28O3Si. The molecule has 24 heavy (non-hydrogen) atoms. The van der Waals surface area contributed by atoms with Gasteiger partial charge in [-0.1, -0.05) is 81.4 Å². The van der Waals surface area contributed by atoms with E-state index in [-0.39, 0.29) is 11.6 Å². The van der Waals surface area contributed by atoms with Crippen LogP contribution in [-0.2, 0) is 9.16 Å². The molecular weight excluding hydrogens is 316 g/mol. The van der Waals surface area contributed by atoms with E-state index < -0.39 is 8.32 Å². The van der Waals surface area contributed by atoms with Gasteiger partial charge < -0.3 is 14.3 Å². The number of hydrogen-bond acceptors (Lipinski definition) is 3. The minimum Gasteiger partial charge on any atom is -0.405 e. The highest BCUT2D eigenvalue weighted by molar-refractivity contribution is 6.99. The van der Waals surface area contributed by atoms with Crippen LogP contribution >= 0.6 is 0 Å². The lowest BCUT2D eigenvalue weighted by Gasteiger charge is -2.43. The van der Waals surface area contributed by atoms with Gasteiger partial charge in [-0.15, -0.1) is 0 Å². The van der Waals surface area contributed by atoms with Crippen molar-refractivity contribution in [1.82, 2.24) is 0 Å².